The van der Waals surface area contributed by atoms with E-state index in [1.165, 1.54) is 0 Å². The van der Waals surface area contributed by atoms with Crippen LogP contribution in [-0.2, 0) is 4.79 Å². The summed E-state index contributed by atoms with van der Waals surface area (Å²) in [6, 6.07) is -0.380. The van der Waals surface area contributed by atoms with Gasteiger partial charge in [0, 0.05) is 13.1 Å². The van der Waals surface area contributed by atoms with Crippen LogP contribution < -0.4 is 5.73 Å². The normalized spacial score (nSPS) is 27.9. The number of piperidine rings is 1. The monoisotopic (exact) mass is 246 g/mol. The van der Waals surface area contributed by atoms with E-state index < -0.39 is 0 Å². The molecule has 0 aliphatic carbocycles. The molecule has 1 rings (SSSR count). The van der Waals surface area contributed by atoms with E-state index in [-0.39, 0.29) is 24.0 Å². The van der Waals surface area contributed by atoms with Gasteiger partial charge < -0.3 is 15.7 Å². The first-order valence-corrected chi connectivity index (χ1v) is 7.17. The molecule has 4 nitrogen and oxygen atoms in total. The van der Waals surface area contributed by atoms with Crippen LogP contribution in [0, 0.1) is 5.92 Å². The summed E-state index contributed by atoms with van der Waals surface area (Å²) in [5.41, 5.74) is 5.85. The lowest BCUT2D eigenvalue weighted by Gasteiger charge is -2.35. The Balaban J connectivity index is 2.42. The van der Waals surface area contributed by atoms with Crippen molar-refractivity contribution in [2.24, 2.45) is 11.7 Å². The van der Waals surface area contributed by atoms with Gasteiger partial charge in [0.1, 0.15) is 0 Å². The van der Waals surface area contributed by atoms with Gasteiger partial charge in [-0.05, 0) is 30.8 Å². The molecule has 3 atom stereocenters. The number of carbonyl (C=O) groups is 1. The number of carbonyl (C=O) groups excluding carboxylic acids is 1. The van der Waals surface area contributed by atoms with Crippen molar-refractivity contribution in [1.82, 2.24) is 4.90 Å². The Morgan fingerprint density at radius 2 is 2.38 bits per heavy atom. The maximum Gasteiger partial charge on any atom is 0.239 e. The Labute approximate surface area is 102 Å². The zero-order valence-electron chi connectivity index (χ0n) is 10.1. The lowest BCUT2D eigenvalue weighted by atomic mass is 9.96. The summed E-state index contributed by atoms with van der Waals surface area (Å²) in [6.07, 6.45) is 3.14. The minimum absolute atomic E-state index is 0.0350. The van der Waals surface area contributed by atoms with Gasteiger partial charge in [0.15, 0.2) is 0 Å². The highest BCUT2D eigenvalue weighted by Crippen LogP contribution is 2.17. The van der Waals surface area contributed by atoms with Crippen molar-refractivity contribution in [2.75, 3.05) is 25.1 Å². The summed E-state index contributed by atoms with van der Waals surface area (Å²) in [7, 11) is 0. The average Bonchev–Trinajstić information content (AvgIpc) is 2.28. The number of aliphatic hydroxyl groups excluding tert-OH is 1. The van der Waals surface area contributed by atoms with E-state index in [1.54, 1.807) is 16.7 Å². The minimum atomic E-state index is -0.380. The smallest absolute Gasteiger partial charge is 0.239 e. The summed E-state index contributed by atoms with van der Waals surface area (Å²) in [6.45, 7) is 3.24. The molecule has 94 valence electrons. The number of hydrogen-bond acceptors (Lipinski definition) is 4. The predicted molar refractivity (Wildman–Crippen MR) is 67.3 cm³/mol. The zero-order valence-corrected chi connectivity index (χ0v) is 10.9. The molecule has 0 spiro atoms. The van der Waals surface area contributed by atoms with Crippen molar-refractivity contribution in [1.29, 1.82) is 0 Å². The lowest BCUT2D eigenvalue weighted by molar-refractivity contribution is -0.136. The quantitative estimate of drug-likeness (QED) is 0.748. The molecule has 2 unspecified atom stereocenters. The van der Waals surface area contributed by atoms with Gasteiger partial charge in [-0.2, -0.15) is 11.8 Å². The van der Waals surface area contributed by atoms with E-state index >= 15 is 0 Å². The number of nitrogens with zero attached hydrogens (tertiary/aromatic N) is 1. The highest BCUT2D eigenvalue weighted by atomic mass is 32.2. The number of hydrogen-bond donors (Lipinski definition) is 2. The SMILES string of the molecule is CSCC[C@@H](N)C(=O)N1CCC(O)C(C)C1. The molecule has 0 saturated carbocycles. The van der Waals surface area contributed by atoms with Crippen molar-refractivity contribution < 1.29 is 9.90 Å². The molecular formula is C11H22N2O2S. The van der Waals surface area contributed by atoms with Crippen molar-refractivity contribution in [3.05, 3.63) is 0 Å². The second kappa shape index (κ2) is 6.47. The number of rotatable bonds is 4. The van der Waals surface area contributed by atoms with Crippen molar-refractivity contribution >= 4 is 17.7 Å². The second-order valence-corrected chi connectivity index (χ2v) is 5.49. The van der Waals surface area contributed by atoms with E-state index in [4.69, 9.17) is 5.73 Å². The van der Waals surface area contributed by atoms with E-state index in [1.807, 2.05) is 13.2 Å². The van der Waals surface area contributed by atoms with E-state index in [9.17, 15) is 9.90 Å². The van der Waals surface area contributed by atoms with Gasteiger partial charge in [0.2, 0.25) is 5.91 Å². The predicted octanol–water partition coefficient (Wildman–Crippen LogP) is 0.296. The van der Waals surface area contributed by atoms with Gasteiger partial charge in [-0.1, -0.05) is 6.92 Å². The third-order valence-corrected chi connectivity index (χ3v) is 3.77. The largest absolute Gasteiger partial charge is 0.393 e. The third kappa shape index (κ3) is 3.64. The van der Waals surface area contributed by atoms with Gasteiger partial charge in [-0.3, -0.25) is 4.79 Å². The van der Waals surface area contributed by atoms with Crippen molar-refractivity contribution in [3.63, 3.8) is 0 Å². The molecule has 3 N–H and O–H groups in total. The van der Waals surface area contributed by atoms with Crippen LogP contribution in [0.25, 0.3) is 0 Å². The van der Waals surface area contributed by atoms with E-state index in [0.717, 1.165) is 12.2 Å². The maximum absolute atomic E-state index is 12.0. The maximum atomic E-state index is 12.0. The van der Waals surface area contributed by atoms with Gasteiger partial charge in [0.25, 0.3) is 0 Å². The number of amides is 1. The van der Waals surface area contributed by atoms with Gasteiger partial charge in [-0.25, -0.2) is 0 Å². The number of aliphatic hydroxyl groups is 1. The zero-order chi connectivity index (χ0) is 12.1. The molecule has 1 amide bonds. The first kappa shape index (κ1) is 13.8. The molecule has 0 radical (unpaired) electrons. The molecule has 0 aromatic heterocycles. The molecule has 1 aliphatic heterocycles. The second-order valence-electron chi connectivity index (χ2n) is 4.51. The van der Waals surface area contributed by atoms with Crippen LogP contribution in [0.1, 0.15) is 19.8 Å². The molecule has 5 heteroatoms. The first-order chi connectivity index (χ1) is 7.56. The molecule has 1 saturated heterocycles. The number of likely N-dealkylation sites (tertiary alicyclic amines) is 1. The first-order valence-electron chi connectivity index (χ1n) is 5.77. The Hall–Kier alpha value is -0.260. The van der Waals surface area contributed by atoms with Crippen LogP contribution >= 0.6 is 11.8 Å². The van der Waals surface area contributed by atoms with Crippen LogP contribution in [0.5, 0.6) is 0 Å². The van der Waals surface area contributed by atoms with Crippen LogP contribution in [0.15, 0.2) is 0 Å². The van der Waals surface area contributed by atoms with Gasteiger partial charge in [0.05, 0.1) is 12.1 Å². The lowest BCUT2D eigenvalue weighted by Crippen LogP contribution is -2.50. The van der Waals surface area contributed by atoms with Crippen LogP contribution in [0.4, 0.5) is 0 Å². The average molecular weight is 246 g/mol. The molecule has 0 aromatic rings. The molecule has 0 bridgehead atoms. The fourth-order valence-corrected chi connectivity index (χ4v) is 2.43. The molecular weight excluding hydrogens is 224 g/mol. The van der Waals surface area contributed by atoms with Crippen LogP contribution in [0.3, 0.4) is 0 Å². The highest BCUT2D eigenvalue weighted by molar-refractivity contribution is 7.98. The Morgan fingerprint density at radius 3 is 2.94 bits per heavy atom. The topological polar surface area (TPSA) is 66.6 Å². The van der Waals surface area contributed by atoms with E-state index in [2.05, 4.69) is 0 Å². The van der Waals surface area contributed by atoms with Gasteiger partial charge in [-0.15, -0.1) is 0 Å². The van der Waals surface area contributed by atoms with Crippen LogP contribution in [-0.4, -0.2) is 53.2 Å². The van der Waals surface area contributed by atoms with E-state index in [0.29, 0.717) is 19.5 Å². The number of nitrogens with two attached hydrogens (primary N) is 1. The minimum Gasteiger partial charge on any atom is -0.393 e. The van der Waals surface area contributed by atoms with Gasteiger partial charge >= 0.3 is 0 Å². The van der Waals surface area contributed by atoms with Crippen LogP contribution in [0.2, 0.25) is 0 Å². The Kier molecular flexibility index (Phi) is 5.58. The third-order valence-electron chi connectivity index (χ3n) is 3.12. The fraction of sp³-hybridized carbons (Fsp3) is 0.909. The Morgan fingerprint density at radius 1 is 1.69 bits per heavy atom. The summed E-state index contributed by atoms with van der Waals surface area (Å²) in [5, 5.41) is 9.58. The molecule has 16 heavy (non-hydrogen) atoms. The Bertz CT molecular complexity index is 238. The summed E-state index contributed by atoms with van der Waals surface area (Å²) in [4.78, 5) is 13.8. The standard InChI is InChI=1S/C11H22N2O2S/c1-8-7-13(5-3-10(8)14)11(15)9(12)4-6-16-2/h8-10,14H,3-7,12H2,1-2H3/t8?,9-,10?/m1/s1. The molecule has 0 aromatic carbocycles. The summed E-state index contributed by atoms with van der Waals surface area (Å²) >= 11 is 1.70. The molecule has 1 heterocycles. The summed E-state index contributed by atoms with van der Waals surface area (Å²) < 4.78 is 0. The summed E-state index contributed by atoms with van der Waals surface area (Å²) in [5.74, 6) is 1.11. The van der Waals surface area contributed by atoms with Crippen molar-refractivity contribution in [3.8, 4) is 0 Å². The highest BCUT2D eigenvalue weighted by Gasteiger charge is 2.29. The molecule has 1 aliphatic rings. The number of thioether (sulfide) groups is 1. The van der Waals surface area contributed by atoms with Crippen molar-refractivity contribution in [2.45, 2.75) is 31.9 Å². The molecule has 1 fully saturated rings. The fourth-order valence-electron chi connectivity index (χ4n) is 1.94.